The topological polar surface area (TPSA) is 91.9 Å². The molecule has 0 aliphatic carbocycles. The third-order valence-electron chi connectivity index (χ3n) is 6.27. The monoisotopic (exact) mass is 525 g/mol. The Morgan fingerprint density at radius 3 is 2.45 bits per heavy atom. The molecule has 0 atom stereocenters. The summed E-state index contributed by atoms with van der Waals surface area (Å²) in [5.74, 6) is -1.31. The summed E-state index contributed by atoms with van der Waals surface area (Å²) in [7, 11) is 1.58. The average Bonchev–Trinajstić information content (AvgIpc) is 3.33. The third kappa shape index (κ3) is 8.69. The van der Waals surface area contributed by atoms with E-state index in [1.54, 1.807) is 31.1 Å². The van der Waals surface area contributed by atoms with Crippen LogP contribution in [0.15, 0.2) is 54.7 Å². The number of carbonyl (C=O) groups excluding carboxylic acids is 3. The third-order valence-corrected chi connectivity index (χ3v) is 6.27. The quantitative estimate of drug-likeness (QED) is 0.238. The van der Waals surface area contributed by atoms with Gasteiger partial charge in [0.05, 0.1) is 19.6 Å². The maximum atomic E-state index is 13.6. The van der Waals surface area contributed by atoms with Gasteiger partial charge < -0.3 is 24.3 Å². The van der Waals surface area contributed by atoms with Crippen molar-refractivity contribution >= 4 is 28.7 Å². The van der Waals surface area contributed by atoms with Gasteiger partial charge in [-0.2, -0.15) is 0 Å². The number of aromatic nitrogens is 1. The molecule has 38 heavy (non-hydrogen) atoms. The molecule has 0 radical (unpaired) electrons. The number of nitrogens with one attached hydrogen (secondary N) is 1. The van der Waals surface area contributed by atoms with E-state index in [0.717, 1.165) is 22.0 Å². The Hall–Kier alpha value is -3.72. The number of hydrogen-bond donors (Lipinski definition) is 1. The highest BCUT2D eigenvalue weighted by molar-refractivity contribution is 5.87. The summed E-state index contributed by atoms with van der Waals surface area (Å²) in [6.07, 6.45) is 3.04. The van der Waals surface area contributed by atoms with Crippen LogP contribution in [0, 0.1) is 5.82 Å². The highest BCUT2D eigenvalue weighted by atomic mass is 19.1. The molecule has 9 heteroatoms. The van der Waals surface area contributed by atoms with Crippen LogP contribution in [0.4, 0.5) is 4.39 Å². The minimum atomic E-state index is -0.444. The Labute approximate surface area is 222 Å². The average molecular weight is 526 g/mol. The number of aromatic amines is 1. The van der Waals surface area contributed by atoms with Crippen molar-refractivity contribution in [2.45, 2.75) is 39.2 Å². The second-order valence-electron chi connectivity index (χ2n) is 9.02. The number of H-pyrrole nitrogens is 1. The lowest BCUT2D eigenvalue weighted by Crippen LogP contribution is -2.44. The smallest absolute Gasteiger partial charge is 0.306 e. The molecule has 0 aliphatic rings. The van der Waals surface area contributed by atoms with Crippen LogP contribution >= 0.6 is 0 Å². The first-order valence-electron chi connectivity index (χ1n) is 12.9. The number of rotatable bonds is 15. The highest BCUT2D eigenvalue weighted by Gasteiger charge is 2.22. The number of benzene rings is 2. The molecular weight excluding hydrogens is 489 g/mol. The van der Waals surface area contributed by atoms with Crippen molar-refractivity contribution in [2.75, 3.05) is 40.0 Å². The van der Waals surface area contributed by atoms with Crippen molar-refractivity contribution < 1.29 is 28.2 Å². The second-order valence-corrected chi connectivity index (χ2v) is 9.02. The van der Waals surface area contributed by atoms with E-state index in [-0.39, 0.29) is 50.2 Å². The first-order chi connectivity index (χ1) is 18.4. The summed E-state index contributed by atoms with van der Waals surface area (Å²) >= 11 is 0. The number of esters is 1. The fourth-order valence-corrected chi connectivity index (χ4v) is 4.25. The van der Waals surface area contributed by atoms with Gasteiger partial charge in [-0.25, -0.2) is 4.39 Å². The SMILES string of the molecule is CCOC(=O)CCC(=O)N(CCCOC)CC(=O)N(CCc1c[nH]c2ccccc12)Cc1ccc(F)cc1. The molecule has 0 aliphatic heterocycles. The predicted molar refractivity (Wildman–Crippen MR) is 143 cm³/mol. The lowest BCUT2D eigenvalue weighted by molar-refractivity contribution is -0.146. The summed E-state index contributed by atoms with van der Waals surface area (Å²) in [5, 5.41) is 1.09. The fourth-order valence-electron chi connectivity index (χ4n) is 4.25. The standard InChI is InChI=1S/C29H36FN3O5/c1-3-38-29(36)14-13-27(34)32(16-6-18-37-2)21-28(35)33(20-22-9-11-24(30)12-10-22)17-15-23-19-31-26-8-5-4-7-25(23)26/h4-5,7-12,19,31H,3,6,13-18,20-21H2,1-2H3. The lowest BCUT2D eigenvalue weighted by atomic mass is 10.1. The van der Waals surface area contributed by atoms with Gasteiger partial charge >= 0.3 is 5.97 Å². The van der Waals surface area contributed by atoms with Crippen LogP contribution in [0.1, 0.15) is 37.3 Å². The van der Waals surface area contributed by atoms with Gasteiger partial charge in [0.2, 0.25) is 11.8 Å². The van der Waals surface area contributed by atoms with E-state index in [4.69, 9.17) is 9.47 Å². The number of ether oxygens (including phenoxy) is 2. The van der Waals surface area contributed by atoms with E-state index in [0.29, 0.717) is 32.5 Å². The minimum Gasteiger partial charge on any atom is -0.466 e. The van der Waals surface area contributed by atoms with Gasteiger partial charge in [-0.15, -0.1) is 0 Å². The van der Waals surface area contributed by atoms with Crippen molar-refractivity contribution in [1.29, 1.82) is 0 Å². The van der Waals surface area contributed by atoms with Crippen molar-refractivity contribution in [1.82, 2.24) is 14.8 Å². The van der Waals surface area contributed by atoms with Gasteiger partial charge in [0.1, 0.15) is 5.82 Å². The molecule has 204 valence electrons. The maximum absolute atomic E-state index is 13.6. The Kier molecular flexibility index (Phi) is 11.3. The number of amides is 2. The Bertz CT molecular complexity index is 1190. The molecule has 0 saturated heterocycles. The van der Waals surface area contributed by atoms with E-state index in [2.05, 4.69) is 4.98 Å². The highest BCUT2D eigenvalue weighted by Crippen LogP contribution is 2.19. The molecule has 0 bridgehead atoms. The van der Waals surface area contributed by atoms with Gasteiger partial charge in [-0.05, 0) is 49.1 Å². The molecule has 2 aromatic carbocycles. The first kappa shape index (κ1) is 28.8. The zero-order valence-corrected chi connectivity index (χ0v) is 22.1. The number of fused-ring (bicyclic) bond motifs is 1. The van der Waals surface area contributed by atoms with E-state index < -0.39 is 5.97 Å². The Balaban J connectivity index is 1.74. The molecule has 0 spiro atoms. The summed E-state index contributed by atoms with van der Waals surface area (Å²) < 4.78 is 23.5. The molecule has 1 aromatic heterocycles. The summed E-state index contributed by atoms with van der Waals surface area (Å²) in [6, 6.07) is 14.0. The lowest BCUT2D eigenvalue weighted by Gasteiger charge is -2.28. The van der Waals surface area contributed by atoms with Gasteiger partial charge in [-0.1, -0.05) is 30.3 Å². The molecule has 8 nitrogen and oxygen atoms in total. The molecule has 1 N–H and O–H groups in total. The van der Waals surface area contributed by atoms with Gasteiger partial charge in [0, 0.05) is 56.9 Å². The van der Waals surface area contributed by atoms with Crippen molar-refractivity contribution in [2.24, 2.45) is 0 Å². The fraction of sp³-hybridized carbons (Fsp3) is 0.414. The van der Waals surface area contributed by atoms with E-state index in [1.807, 2.05) is 30.5 Å². The van der Waals surface area contributed by atoms with Crippen LogP contribution in [-0.2, 0) is 36.8 Å². The number of halogens is 1. The van der Waals surface area contributed by atoms with Crippen LogP contribution in [0.5, 0.6) is 0 Å². The summed E-state index contributed by atoms with van der Waals surface area (Å²) in [6.45, 7) is 3.30. The van der Waals surface area contributed by atoms with Gasteiger partial charge in [-0.3, -0.25) is 14.4 Å². The molecule has 3 rings (SSSR count). The maximum Gasteiger partial charge on any atom is 0.306 e. The minimum absolute atomic E-state index is 0.0353. The molecule has 0 fully saturated rings. The number of hydrogen-bond acceptors (Lipinski definition) is 5. The molecule has 1 heterocycles. The van der Waals surface area contributed by atoms with Crippen molar-refractivity contribution in [3.8, 4) is 0 Å². The van der Waals surface area contributed by atoms with E-state index in [9.17, 15) is 18.8 Å². The van der Waals surface area contributed by atoms with E-state index >= 15 is 0 Å². The zero-order valence-electron chi connectivity index (χ0n) is 22.1. The van der Waals surface area contributed by atoms with Gasteiger partial charge in [0.15, 0.2) is 0 Å². The number of para-hydroxylation sites is 1. The van der Waals surface area contributed by atoms with Gasteiger partial charge in [0.25, 0.3) is 0 Å². The number of methoxy groups -OCH3 is 1. The number of nitrogens with zero attached hydrogens (tertiary/aromatic N) is 2. The molecule has 2 amide bonds. The predicted octanol–water partition coefficient (Wildman–Crippen LogP) is 4.09. The Morgan fingerprint density at radius 2 is 1.71 bits per heavy atom. The second kappa shape index (κ2) is 14.9. The molecular formula is C29H36FN3O5. The zero-order chi connectivity index (χ0) is 27.3. The van der Waals surface area contributed by atoms with Crippen molar-refractivity contribution in [3.05, 3.63) is 71.7 Å². The number of carbonyl (C=O) groups is 3. The van der Waals surface area contributed by atoms with E-state index in [1.165, 1.54) is 17.0 Å². The molecule has 0 saturated carbocycles. The van der Waals surface area contributed by atoms with Crippen LogP contribution in [0.3, 0.4) is 0 Å². The largest absolute Gasteiger partial charge is 0.466 e. The van der Waals surface area contributed by atoms with Crippen LogP contribution in [0.2, 0.25) is 0 Å². The summed E-state index contributed by atoms with van der Waals surface area (Å²) in [5.41, 5.74) is 2.90. The first-order valence-corrected chi connectivity index (χ1v) is 12.9. The Morgan fingerprint density at radius 1 is 0.947 bits per heavy atom. The molecule has 0 unspecified atom stereocenters. The van der Waals surface area contributed by atoms with Crippen LogP contribution in [0.25, 0.3) is 10.9 Å². The molecule has 3 aromatic rings. The van der Waals surface area contributed by atoms with Crippen molar-refractivity contribution in [3.63, 3.8) is 0 Å². The van der Waals surface area contributed by atoms with Crippen LogP contribution < -0.4 is 0 Å². The summed E-state index contributed by atoms with van der Waals surface area (Å²) in [4.78, 5) is 44.7. The normalized spacial score (nSPS) is 10.9. The van der Waals surface area contributed by atoms with Crippen LogP contribution in [-0.4, -0.2) is 72.5 Å².